The molecule has 0 fully saturated rings. The smallest absolute Gasteiger partial charge is 0.0830 e. The molecule has 1 aromatic carbocycles. The molecule has 2 aromatic rings. The predicted octanol–water partition coefficient (Wildman–Crippen LogP) is 1.83. The van der Waals surface area contributed by atoms with Crippen LogP contribution >= 0.6 is 11.6 Å². The van der Waals surface area contributed by atoms with Crippen LogP contribution in [0, 0.1) is 5.92 Å². The van der Waals surface area contributed by atoms with E-state index in [1.165, 1.54) is 5.56 Å². The van der Waals surface area contributed by atoms with Crippen LogP contribution in [0.25, 0.3) is 0 Å². The van der Waals surface area contributed by atoms with E-state index in [4.69, 9.17) is 17.3 Å². The summed E-state index contributed by atoms with van der Waals surface area (Å²) in [6.45, 7) is 0.628. The third kappa shape index (κ3) is 3.55. The standard InChI is InChI=1S/C13H17ClN4/c1-18-9-13(16-17-18)7-11(8-15)5-10-3-2-4-12(14)6-10/h2-4,6,9,11H,5,7-8,15H2,1H3. The van der Waals surface area contributed by atoms with Crippen LogP contribution in [0.3, 0.4) is 0 Å². The van der Waals surface area contributed by atoms with E-state index in [0.29, 0.717) is 12.5 Å². The second-order valence-corrected chi connectivity index (χ2v) is 4.96. The second kappa shape index (κ2) is 5.98. The van der Waals surface area contributed by atoms with Crippen LogP contribution in [0.1, 0.15) is 11.3 Å². The van der Waals surface area contributed by atoms with Crippen molar-refractivity contribution in [1.82, 2.24) is 15.0 Å². The van der Waals surface area contributed by atoms with Crippen molar-refractivity contribution in [2.24, 2.45) is 18.7 Å². The Hall–Kier alpha value is -1.39. The molecule has 0 aliphatic rings. The first-order valence-electron chi connectivity index (χ1n) is 5.97. The molecule has 2 N–H and O–H groups in total. The lowest BCUT2D eigenvalue weighted by molar-refractivity contribution is 0.526. The van der Waals surface area contributed by atoms with E-state index in [1.807, 2.05) is 31.4 Å². The molecule has 0 radical (unpaired) electrons. The highest BCUT2D eigenvalue weighted by Gasteiger charge is 2.11. The van der Waals surface area contributed by atoms with Gasteiger partial charge in [0, 0.05) is 18.3 Å². The maximum absolute atomic E-state index is 5.98. The Balaban J connectivity index is 2.01. The van der Waals surface area contributed by atoms with Crippen LogP contribution in [0.4, 0.5) is 0 Å². The SMILES string of the molecule is Cn1cc(CC(CN)Cc2cccc(Cl)c2)nn1. The third-order valence-corrected chi connectivity index (χ3v) is 3.13. The van der Waals surface area contributed by atoms with E-state index in [1.54, 1.807) is 4.68 Å². The molecule has 5 heteroatoms. The molecule has 0 bridgehead atoms. The zero-order valence-electron chi connectivity index (χ0n) is 10.4. The summed E-state index contributed by atoms with van der Waals surface area (Å²) >= 11 is 5.98. The van der Waals surface area contributed by atoms with E-state index < -0.39 is 0 Å². The van der Waals surface area contributed by atoms with Gasteiger partial charge >= 0.3 is 0 Å². The summed E-state index contributed by atoms with van der Waals surface area (Å²) in [5, 5.41) is 8.79. The number of rotatable bonds is 5. The summed E-state index contributed by atoms with van der Waals surface area (Å²) in [5.41, 5.74) is 8.02. The third-order valence-electron chi connectivity index (χ3n) is 2.89. The molecule has 0 aliphatic carbocycles. The van der Waals surface area contributed by atoms with Crippen molar-refractivity contribution < 1.29 is 0 Å². The van der Waals surface area contributed by atoms with Crippen molar-refractivity contribution in [2.45, 2.75) is 12.8 Å². The molecule has 1 atom stereocenters. The lowest BCUT2D eigenvalue weighted by atomic mass is 9.95. The lowest BCUT2D eigenvalue weighted by Crippen LogP contribution is -2.19. The first kappa shape index (κ1) is 13.1. The Morgan fingerprint density at radius 3 is 2.83 bits per heavy atom. The van der Waals surface area contributed by atoms with E-state index in [9.17, 15) is 0 Å². The number of hydrogen-bond donors (Lipinski definition) is 1. The fourth-order valence-corrected chi connectivity index (χ4v) is 2.23. The quantitative estimate of drug-likeness (QED) is 0.896. The van der Waals surface area contributed by atoms with Gasteiger partial charge in [-0.15, -0.1) is 5.10 Å². The molecule has 0 amide bonds. The number of halogens is 1. The molecular weight excluding hydrogens is 248 g/mol. The lowest BCUT2D eigenvalue weighted by Gasteiger charge is -2.13. The minimum atomic E-state index is 0.361. The molecule has 0 spiro atoms. The van der Waals surface area contributed by atoms with Gasteiger partial charge < -0.3 is 5.73 Å². The van der Waals surface area contributed by atoms with Gasteiger partial charge in [-0.2, -0.15) is 0 Å². The molecule has 18 heavy (non-hydrogen) atoms. The fraction of sp³-hybridized carbons (Fsp3) is 0.385. The van der Waals surface area contributed by atoms with Gasteiger partial charge in [-0.1, -0.05) is 28.9 Å². The number of benzene rings is 1. The summed E-state index contributed by atoms with van der Waals surface area (Å²) in [4.78, 5) is 0. The maximum atomic E-state index is 5.98. The topological polar surface area (TPSA) is 56.7 Å². The average Bonchev–Trinajstić information content (AvgIpc) is 2.74. The highest BCUT2D eigenvalue weighted by Crippen LogP contribution is 2.16. The van der Waals surface area contributed by atoms with Gasteiger partial charge in [0.1, 0.15) is 0 Å². The molecule has 96 valence electrons. The van der Waals surface area contributed by atoms with Gasteiger partial charge in [0.2, 0.25) is 0 Å². The summed E-state index contributed by atoms with van der Waals surface area (Å²) in [6.07, 6.45) is 3.69. The molecule has 2 rings (SSSR count). The highest BCUT2D eigenvalue weighted by atomic mass is 35.5. The summed E-state index contributed by atoms with van der Waals surface area (Å²) in [7, 11) is 1.87. The minimum Gasteiger partial charge on any atom is -0.330 e. The summed E-state index contributed by atoms with van der Waals surface area (Å²) < 4.78 is 1.71. The summed E-state index contributed by atoms with van der Waals surface area (Å²) in [5.74, 6) is 0.361. The van der Waals surface area contributed by atoms with Crippen LogP contribution in [-0.4, -0.2) is 21.5 Å². The predicted molar refractivity (Wildman–Crippen MR) is 72.4 cm³/mol. The van der Waals surface area contributed by atoms with Gasteiger partial charge in [0.15, 0.2) is 0 Å². The fourth-order valence-electron chi connectivity index (χ4n) is 2.02. The largest absolute Gasteiger partial charge is 0.330 e. The van der Waals surface area contributed by atoms with E-state index in [2.05, 4.69) is 16.4 Å². The highest BCUT2D eigenvalue weighted by molar-refractivity contribution is 6.30. The van der Waals surface area contributed by atoms with Crippen LogP contribution < -0.4 is 5.73 Å². The van der Waals surface area contributed by atoms with Crippen molar-refractivity contribution in [3.8, 4) is 0 Å². The first-order chi connectivity index (χ1) is 8.67. The first-order valence-corrected chi connectivity index (χ1v) is 6.35. The molecule has 0 saturated carbocycles. The van der Waals surface area contributed by atoms with Crippen LogP contribution in [0.2, 0.25) is 5.02 Å². The zero-order chi connectivity index (χ0) is 13.0. The van der Waals surface area contributed by atoms with Crippen molar-refractivity contribution >= 4 is 11.6 Å². The van der Waals surface area contributed by atoms with Crippen LogP contribution in [-0.2, 0) is 19.9 Å². The molecule has 4 nitrogen and oxygen atoms in total. The van der Waals surface area contributed by atoms with Gasteiger partial charge in [0.25, 0.3) is 0 Å². The molecule has 1 heterocycles. The number of aromatic nitrogens is 3. The number of nitrogens with zero attached hydrogens (tertiary/aromatic N) is 3. The molecule has 1 aromatic heterocycles. The molecule has 0 aliphatic heterocycles. The van der Waals surface area contributed by atoms with Crippen molar-refractivity contribution in [3.05, 3.63) is 46.7 Å². The normalized spacial score (nSPS) is 12.6. The molecular formula is C13H17ClN4. The van der Waals surface area contributed by atoms with Crippen LogP contribution in [0.15, 0.2) is 30.5 Å². The Kier molecular flexibility index (Phi) is 4.33. The average molecular weight is 265 g/mol. The number of aryl methyl sites for hydroxylation is 1. The Morgan fingerprint density at radius 2 is 2.22 bits per heavy atom. The second-order valence-electron chi connectivity index (χ2n) is 4.52. The minimum absolute atomic E-state index is 0.361. The van der Waals surface area contributed by atoms with E-state index >= 15 is 0 Å². The zero-order valence-corrected chi connectivity index (χ0v) is 11.1. The van der Waals surface area contributed by atoms with Gasteiger partial charge in [-0.05, 0) is 43.0 Å². The van der Waals surface area contributed by atoms with Gasteiger partial charge in [-0.3, -0.25) is 4.68 Å². The molecule has 0 saturated heterocycles. The van der Waals surface area contributed by atoms with Gasteiger partial charge in [-0.25, -0.2) is 0 Å². The summed E-state index contributed by atoms with van der Waals surface area (Å²) in [6, 6.07) is 7.91. The Bertz CT molecular complexity index is 509. The monoisotopic (exact) mass is 264 g/mol. The van der Waals surface area contributed by atoms with Crippen LogP contribution in [0.5, 0.6) is 0 Å². The number of nitrogens with two attached hydrogens (primary N) is 1. The van der Waals surface area contributed by atoms with E-state index in [0.717, 1.165) is 23.6 Å². The van der Waals surface area contributed by atoms with Gasteiger partial charge in [0.05, 0.1) is 5.69 Å². The molecule has 1 unspecified atom stereocenters. The van der Waals surface area contributed by atoms with Crippen molar-refractivity contribution in [2.75, 3.05) is 6.54 Å². The maximum Gasteiger partial charge on any atom is 0.0830 e. The Morgan fingerprint density at radius 1 is 1.39 bits per heavy atom. The van der Waals surface area contributed by atoms with E-state index in [-0.39, 0.29) is 0 Å². The van der Waals surface area contributed by atoms with Crippen molar-refractivity contribution in [3.63, 3.8) is 0 Å². The van der Waals surface area contributed by atoms with Crippen molar-refractivity contribution in [1.29, 1.82) is 0 Å². The Labute approximate surface area is 112 Å². The number of hydrogen-bond acceptors (Lipinski definition) is 3.